The van der Waals surface area contributed by atoms with E-state index in [4.69, 9.17) is 14.6 Å². The number of hydrogen-bond donors (Lipinski definition) is 0. The Morgan fingerprint density at radius 2 is 1.75 bits per heavy atom. The second-order valence-corrected chi connectivity index (χ2v) is 7.85. The number of hydrogen-bond acceptors (Lipinski definition) is 4. The van der Waals surface area contributed by atoms with Gasteiger partial charge >= 0.3 is 0 Å². The number of benzene rings is 3. The van der Waals surface area contributed by atoms with Crippen LogP contribution in [0.4, 0.5) is 0 Å². The molecule has 0 saturated carbocycles. The highest BCUT2D eigenvalue weighted by Crippen LogP contribution is 2.47. The third-order valence-electron chi connectivity index (χ3n) is 5.28. The molecule has 28 heavy (non-hydrogen) atoms. The van der Waals surface area contributed by atoms with Crippen molar-refractivity contribution in [2.24, 2.45) is 5.10 Å². The Morgan fingerprint density at radius 3 is 2.50 bits per heavy atom. The molecule has 3 aromatic rings. The Morgan fingerprint density at radius 1 is 1.00 bits per heavy atom. The van der Waals surface area contributed by atoms with Crippen LogP contribution in [0.2, 0.25) is 0 Å². The Hall–Kier alpha value is -2.79. The third-order valence-corrected chi connectivity index (χ3v) is 5.81. The molecule has 5 heteroatoms. The van der Waals surface area contributed by atoms with E-state index in [1.54, 1.807) is 7.11 Å². The summed E-state index contributed by atoms with van der Waals surface area (Å²) in [7, 11) is 1.68. The van der Waals surface area contributed by atoms with Crippen LogP contribution in [0.5, 0.6) is 11.5 Å². The van der Waals surface area contributed by atoms with E-state index < -0.39 is 0 Å². The summed E-state index contributed by atoms with van der Waals surface area (Å²) in [5.41, 5.74) is 4.45. The van der Waals surface area contributed by atoms with E-state index in [2.05, 4.69) is 57.3 Å². The molecular formula is C23H19BrN2O2. The largest absolute Gasteiger partial charge is 0.497 e. The SMILES string of the molecule is COc1ccc(C2=NN3[C@H](C2)c2ccccc2O[C@H]3c2ccc(Br)cc2)cc1. The Bertz CT molecular complexity index is 1030. The topological polar surface area (TPSA) is 34.1 Å². The fraction of sp³-hybridized carbons (Fsp3) is 0.174. The zero-order valence-electron chi connectivity index (χ0n) is 15.4. The first-order valence-electron chi connectivity index (χ1n) is 9.24. The first-order chi connectivity index (χ1) is 13.7. The highest BCUT2D eigenvalue weighted by Gasteiger charge is 2.40. The first-order valence-corrected chi connectivity index (χ1v) is 10.0. The molecule has 0 aromatic heterocycles. The highest BCUT2D eigenvalue weighted by atomic mass is 79.9. The maximum atomic E-state index is 6.38. The maximum absolute atomic E-state index is 6.38. The van der Waals surface area contributed by atoms with E-state index >= 15 is 0 Å². The molecule has 5 rings (SSSR count). The summed E-state index contributed by atoms with van der Waals surface area (Å²) in [4.78, 5) is 0. The summed E-state index contributed by atoms with van der Waals surface area (Å²) >= 11 is 3.51. The van der Waals surface area contributed by atoms with Gasteiger partial charge in [0, 0.05) is 22.0 Å². The summed E-state index contributed by atoms with van der Waals surface area (Å²) in [5.74, 6) is 1.78. The summed E-state index contributed by atoms with van der Waals surface area (Å²) in [5, 5.41) is 7.09. The lowest BCUT2D eigenvalue weighted by atomic mass is 9.96. The number of para-hydroxylation sites is 1. The number of nitrogens with zero attached hydrogens (tertiary/aromatic N) is 2. The highest BCUT2D eigenvalue weighted by molar-refractivity contribution is 9.10. The van der Waals surface area contributed by atoms with Crippen molar-refractivity contribution in [3.63, 3.8) is 0 Å². The lowest BCUT2D eigenvalue weighted by molar-refractivity contribution is -0.0190. The zero-order valence-corrected chi connectivity index (χ0v) is 17.0. The number of rotatable bonds is 3. The summed E-state index contributed by atoms with van der Waals surface area (Å²) in [6.45, 7) is 0. The summed E-state index contributed by atoms with van der Waals surface area (Å²) < 4.78 is 12.7. The average Bonchev–Trinajstić information content (AvgIpc) is 3.20. The molecule has 0 aliphatic carbocycles. The second kappa shape index (κ2) is 6.99. The Labute approximate surface area is 172 Å². The van der Waals surface area contributed by atoms with Gasteiger partial charge in [0.1, 0.15) is 11.5 Å². The van der Waals surface area contributed by atoms with Crippen LogP contribution < -0.4 is 9.47 Å². The number of methoxy groups -OCH3 is 1. The molecule has 4 nitrogen and oxygen atoms in total. The maximum Gasteiger partial charge on any atom is 0.213 e. The van der Waals surface area contributed by atoms with Gasteiger partial charge in [-0.3, -0.25) is 0 Å². The van der Waals surface area contributed by atoms with Crippen molar-refractivity contribution in [3.8, 4) is 11.5 Å². The third kappa shape index (κ3) is 2.96. The number of halogens is 1. The molecule has 0 N–H and O–H groups in total. The van der Waals surface area contributed by atoms with Gasteiger partial charge in [0.2, 0.25) is 6.23 Å². The van der Waals surface area contributed by atoms with Crippen molar-refractivity contribution in [2.75, 3.05) is 7.11 Å². The van der Waals surface area contributed by atoms with E-state index in [1.807, 2.05) is 36.4 Å². The summed E-state index contributed by atoms with van der Waals surface area (Å²) in [6, 6.07) is 24.8. The quantitative estimate of drug-likeness (QED) is 0.529. The monoisotopic (exact) mass is 434 g/mol. The smallest absolute Gasteiger partial charge is 0.213 e. The first kappa shape index (κ1) is 17.3. The summed E-state index contributed by atoms with van der Waals surface area (Å²) in [6.07, 6.45) is 0.600. The van der Waals surface area contributed by atoms with Crippen LogP contribution in [0.1, 0.15) is 35.4 Å². The van der Waals surface area contributed by atoms with Crippen molar-refractivity contribution < 1.29 is 9.47 Å². The van der Waals surface area contributed by atoms with Crippen LogP contribution in [-0.2, 0) is 0 Å². The lowest BCUT2D eigenvalue weighted by Gasteiger charge is -2.38. The molecule has 0 spiro atoms. The predicted octanol–water partition coefficient (Wildman–Crippen LogP) is 5.70. The number of ether oxygens (including phenoxy) is 2. The van der Waals surface area contributed by atoms with E-state index in [1.165, 1.54) is 5.56 Å². The van der Waals surface area contributed by atoms with Gasteiger partial charge < -0.3 is 9.47 Å². The Kier molecular flexibility index (Phi) is 4.32. The van der Waals surface area contributed by atoms with Crippen molar-refractivity contribution in [1.82, 2.24) is 5.01 Å². The standard InChI is InChI=1S/C23H19BrN2O2/c1-27-18-12-8-15(9-13-18)20-14-21-19-4-2-3-5-22(19)28-23(26(21)25-20)16-6-10-17(24)11-7-16/h2-13,21,23H,14H2,1H3/t21-,23+/m1/s1. The molecule has 0 fully saturated rings. The fourth-order valence-electron chi connectivity index (χ4n) is 3.84. The molecule has 2 atom stereocenters. The minimum atomic E-state index is -0.247. The van der Waals surface area contributed by atoms with Gasteiger partial charge in [-0.05, 0) is 48.0 Å². The van der Waals surface area contributed by atoms with Crippen LogP contribution in [0.15, 0.2) is 82.4 Å². The molecule has 0 amide bonds. The van der Waals surface area contributed by atoms with Crippen LogP contribution in [-0.4, -0.2) is 17.8 Å². The van der Waals surface area contributed by atoms with E-state index in [0.717, 1.165) is 39.2 Å². The number of fused-ring (bicyclic) bond motifs is 3. The van der Waals surface area contributed by atoms with Crippen molar-refractivity contribution in [3.05, 3.63) is 94.0 Å². The molecule has 140 valence electrons. The second-order valence-electron chi connectivity index (χ2n) is 6.93. The minimum absolute atomic E-state index is 0.163. The molecule has 0 saturated heterocycles. The van der Waals surface area contributed by atoms with Gasteiger partial charge in [-0.2, -0.15) is 5.10 Å². The van der Waals surface area contributed by atoms with Crippen LogP contribution >= 0.6 is 15.9 Å². The number of hydrazone groups is 1. The molecule has 0 bridgehead atoms. The molecule has 0 unspecified atom stereocenters. The van der Waals surface area contributed by atoms with Gasteiger partial charge in [-0.15, -0.1) is 0 Å². The molecule has 3 aromatic carbocycles. The zero-order chi connectivity index (χ0) is 19.1. The van der Waals surface area contributed by atoms with E-state index in [9.17, 15) is 0 Å². The molecular weight excluding hydrogens is 416 g/mol. The fourth-order valence-corrected chi connectivity index (χ4v) is 4.10. The average molecular weight is 435 g/mol. The predicted molar refractivity (Wildman–Crippen MR) is 113 cm³/mol. The van der Waals surface area contributed by atoms with E-state index in [-0.39, 0.29) is 12.3 Å². The molecule has 2 aliphatic heterocycles. The van der Waals surface area contributed by atoms with E-state index in [0.29, 0.717) is 0 Å². The minimum Gasteiger partial charge on any atom is -0.497 e. The molecule has 2 heterocycles. The van der Waals surface area contributed by atoms with Gasteiger partial charge in [-0.1, -0.05) is 46.3 Å². The van der Waals surface area contributed by atoms with Crippen molar-refractivity contribution >= 4 is 21.6 Å². The van der Waals surface area contributed by atoms with Gasteiger partial charge in [0.15, 0.2) is 0 Å². The van der Waals surface area contributed by atoms with Crippen LogP contribution in [0.25, 0.3) is 0 Å². The van der Waals surface area contributed by atoms with Gasteiger partial charge in [0.25, 0.3) is 0 Å². The lowest BCUT2D eigenvalue weighted by Crippen LogP contribution is -2.33. The Balaban J connectivity index is 1.56. The van der Waals surface area contributed by atoms with Gasteiger partial charge in [-0.25, -0.2) is 5.01 Å². The van der Waals surface area contributed by atoms with Crippen molar-refractivity contribution in [1.29, 1.82) is 0 Å². The molecule has 0 radical (unpaired) electrons. The van der Waals surface area contributed by atoms with Gasteiger partial charge in [0.05, 0.1) is 18.9 Å². The van der Waals surface area contributed by atoms with Crippen LogP contribution in [0.3, 0.4) is 0 Å². The normalized spacial score (nSPS) is 20.1. The van der Waals surface area contributed by atoms with Crippen LogP contribution in [0, 0.1) is 0 Å². The van der Waals surface area contributed by atoms with Crippen molar-refractivity contribution in [2.45, 2.75) is 18.7 Å². The molecule has 2 aliphatic rings.